The summed E-state index contributed by atoms with van der Waals surface area (Å²) in [5.41, 5.74) is 1.16. The van der Waals surface area contributed by atoms with E-state index in [-0.39, 0.29) is 16.7 Å². The van der Waals surface area contributed by atoms with Crippen LogP contribution in [0.4, 0.5) is 4.39 Å². The van der Waals surface area contributed by atoms with Crippen LogP contribution in [0.15, 0.2) is 41.3 Å². The van der Waals surface area contributed by atoms with Gasteiger partial charge in [0.05, 0.1) is 9.92 Å². The first-order valence-electron chi connectivity index (χ1n) is 8.77. The largest absolute Gasteiger partial charge is 0.454 e. The van der Waals surface area contributed by atoms with E-state index in [1.807, 2.05) is 18.2 Å². The van der Waals surface area contributed by atoms with Crippen LogP contribution < -0.4 is 9.47 Å². The molecule has 2 aromatic rings. The van der Waals surface area contributed by atoms with Crippen LogP contribution in [-0.4, -0.2) is 32.6 Å². The Hall–Kier alpha value is -1.83. The summed E-state index contributed by atoms with van der Waals surface area (Å²) in [5, 5.41) is -0.186. The highest BCUT2D eigenvalue weighted by atomic mass is 35.5. The zero-order chi connectivity index (χ0) is 19.0. The van der Waals surface area contributed by atoms with Gasteiger partial charge in [0.15, 0.2) is 11.5 Å². The Morgan fingerprint density at radius 1 is 1.07 bits per heavy atom. The highest BCUT2D eigenvalue weighted by molar-refractivity contribution is 7.89. The quantitative estimate of drug-likeness (QED) is 0.766. The van der Waals surface area contributed by atoms with E-state index in [1.165, 1.54) is 16.4 Å². The monoisotopic (exact) mass is 411 g/mol. The Morgan fingerprint density at radius 3 is 2.56 bits per heavy atom. The van der Waals surface area contributed by atoms with Gasteiger partial charge in [0, 0.05) is 13.1 Å². The fourth-order valence-electron chi connectivity index (χ4n) is 3.54. The molecule has 0 aliphatic carbocycles. The van der Waals surface area contributed by atoms with Gasteiger partial charge >= 0.3 is 0 Å². The molecule has 0 aromatic heterocycles. The van der Waals surface area contributed by atoms with E-state index in [9.17, 15) is 12.8 Å². The molecule has 1 saturated heterocycles. The number of rotatable bonds is 4. The highest BCUT2D eigenvalue weighted by Crippen LogP contribution is 2.34. The van der Waals surface area contributed by atoms with E-state index >= 15 is 0 Å². The third kappa shape index (κ3) is 3.77. The van der Waals surface area contributed by atoms with Gasteiger partial charge in [-0.15, -0.1) is 0 Å². The number of nitrogens with zero attached hydrogens (tertiary/aromatic N) is 1. The minimum Gasteiger partial charge on any atom is -0.454 e. The molecule has 4 rings (SSSR count). The Balaban J connectivity index is 1.40. The fourth-order valence-corrected chi connectivity index (χ4v) is 5.28. The van der Waals surface area contributed by atoms with Crippen LogP contribution in [-0.2, 0) is 16.4 Å². The first-order valence-corrected chi connectivity index (χ1v) is 10.6. The molecule has 2 aliphatic heterocycles. The standard InChI is InChI=1S/C19H19ClFNO4S/c20-16-11-15(2-3-17(16)21)27(23,24)22-7-5-13(6-8-22)9-14-1-4-18-19(10-14)26-12-25-18/h1-4,10-11,13H,5-9,12H2. The number of benzene rings is 2. The number of piperidine rings is 1. The molecule has 0 spiro atoms. The van der Waals surface area contributed by atoms with Crippen LogP contribution in [0, 0.1) is 11.7 Å². The lowest BCUT2D eigenvalue weighted by molar-refractivity contribution is 0.174. The Morgan fingerprint density at radius 2 is 1.81 bits per heavy atom. The van der Waals surface area contributed by atoms with E-state index in [2.05, 4.69) is 0 Å². The number of ether oxygens (including phenoxy) is 2. The Bertz CT molecular complexity index is 958. The van der Waals surface area contributed by atoms with Crippen LogP contribution in [0.5, 0.6) is 11.5 Å². The second-order valence-corrected chi connectivity index (χ2v) is 9.16. The zero-order valence-corrected chi connectivity index (χ0v) is 16.1. The normalized spacial score (nSPS) is 18.0. The Kier molecular flexibility index (Phi) is 5.01. The van der Waals surface area contributed by atoms with Crippen molar-refractivity contribution in [3.05, 3.63) is 52.8 Å². The van der Waals surface area contributed by atoms with Crippen molar-refractivity contribution in [3.8, 4) is 11.5 Å². The van der Waals surface area contributed by atoms with Crippen molar-refractivity contribution in [2.45, 2.75) is 24.2 Å². The average Bonchev–Trinajstić information content (AvgIpc) is 3.12. The number of hydrogen-bond donors (Lipinski definition) is 0. The first-order chi connectivity index (χ1) is 12.9. The summed E-state index contributed by atoms with van der Waals surface area (Å²) in [6.07, 6.45) is 2.40. The van der Waals surface area contributed by atoms with Crippen LogP contribution in [0.1, 0.15) is 18.4 Å². The number of sulfonamides is 1. The molecule has 5 nitrogen and oxygen atoms in total. The van der Waals surface area contributed by atoms with Crippen molar-refractivity contribution in [1.29, 1.82) is 0 Å². The summed E-state index contributed by atoms with van der Waals surface area (Å²) >= 11 is 5.74. The van der Waals surface area contributed by atoms with E-state index in [4.69, 9.17) is 21.1 Å². The number of halogens is 2. The van der Waals surface area contributed by atoms with Gasteiger partial charge in [-0.1, -0.05) is 17.7 Å². The van der Waals surface area contributed by atoms with E-state index in [0.29, 0.717) is 19.0 Å². The minimum atomic E-state index is -3.66. The lowest BCUT2D eigenvalue weighted by atomic mass is 9.91. The maximum Gasteiger partial charge on any atom is 0.243 e. The smallest absolute Gasteiger partial charge is 0.243 e. The molecule has 0 amide bonds. The molecular formula is C19H19ClFNO4S. The van der Waals surface area contributed by atoms with Gasteiger partial charge in [-0.3, -0.25) is 0 Å². The van der Waals surface area contributed by atoms with Crippen LogP contribution in [0.2, 0.25) is 5.02 Å². The van der Waals surface area contributed by atoms with Gasteiger partial charge in [0.25, 0.3) is 0 Å². The van der Waals surface area contributed by atoms with Crippen LogP contribution in [0.25, 0.3) is 0 Å². The van der Waals surface area contributed by atoms with Gasteiger partial charge in [-0.2, -0.15) is 4.31 Å². The van der Waals surface area contributed by atoms with E-state index in [1.54, 1.807) is 0 Å². The number of fused-ring (bicyclic) bond motifs is 1. The minimum absolute atomic E-state index is 0.0307. The van der Waals surface area contributed by atoms with E-state index in [0.717, 1.165) is 42.4 Å². The van der Waals surface area contributed by atoms with Gasteiger partial charge in [-0.25, -0.2) is 12.8 Å². The molecule has 0 N–H and O–H groups in total. The van der Waals surface area contributed by atoms with Gasteiger partial charge in [0.2, 0.25) is 16.8 Å². The summed E-state index contributed by atoms with van der Waals surface area (Å²) < 4.78 is 51.0. The van der Waals surface area contributed by atoms with Crippen LogP contribution in [0.3, 0.4) is 0 Å². The molecule has 2 heterocycles. The molecule has 0 atom stereocenters. The maximum absolute atomic E-state index is 13.3. The first kappa shape index (κ1) is 18.5. The predicted octanol–water partition coefficient (Wildman–Crippen LogP) is 3.85. The molecule has 0 saturated carbocycles. The van der Waals surface area contributed by atoms with Crippen molar-refractivity contribution >= 4 is 21.6 Å². The summed E-state index contributed by atoms with van der Waals surface area (Å²) in [6.45, 7) is 1.13. The van der Waals surface area contributed by atoms with Crippen molar-refractivity contribution in [3.63, 3.8) is 0 Å². The molecule has 0 bridgehead atoms. The van der Waals surface area contributed by atoms with Gasteiger partial charge < -0.3 is 9.47 Å². The lowest BCUT2D eigenvalue weighted by Crippen LogP contribution is -2.38. The fraction of sp³-hybridized carbons (Fsp3) is 0.368. The molecule has 144 valence electrons. The lowest BCUT2D eigenvalue weighted by Gasteiger charge is -2.31. The van der Waals surface area contributed by atoms with Crippen molar-refractivity contribution < 1.29 is 22.3 Å². The topological polar surface area (TPSA) is 55.8 Å². The number of hydrogen-bond acceptors (Lipinski definition) is 4. The molecule has 0 unspecified atom stereocenters. The molecule has 27 heavy (non-hydrogen) atoms. The van der Waals surface area contributed by atoms with Crippen molar-refractivity contribution in [2.75, 3.05) is 19.9 Å². The molecule has 0 radical (unpaired) electrons. The zero-order valence-electron chi connectivity index (χ0n) is 14.5. The van der Waals surface area contributed by atoms with E-state index < -0.39 is 15.8 Å². The predicted molar refractivity (Wildman–Crippen MR) is 99.2 cm³/mol. The summed E-state index contributed by atoms with van der Waals surface area (Å²) in [6, 6.07) is 9.44. The second kappa shape index (κ2) is 7.30. The average molecular weight is 412 g/mol. The summed E-state index contributed by atoms with van der Waals surface area (Å²) in [7, 11) is -3.66. The highest BCUT2D eigenvalue weighted by Gasteiger charge is 2.30. The third-order valence-electron chi connectivity index (χ3n) is 5.06. The SMILES string of the molecule is O=S(=O)(c1ccc(F)c(Cl)c1)N1CCC(Cc2ccc3c(c2)OCO3)CC1. The maximum atomic E-state index is 13.3. The third-order valence-corrected chi connectivity index (χ3v) is 7.25. The van der Waals surface area contributed by atoms with Gasteiger partial charge in [0.1, 0.15) is 5.82 Å². The second-order valence-electron chi connectivity index (χ2n) is 6.82. The summed E-state index contributed by atoms with van der Waals surface area (Å²) in [4.78, 5) is 0.0307. The van der Waals surface area contributed by atoms with Crippen molar-refractivity contribution in [1.82, 2.24) is 4.31 Å². The molecule has 8 heteroatoms. The van der Waals surface area contributed by atoms with Gasteiger partial charge in [-0.05, 0) is 61.1 Å². The summed E-state index contributed by atoms with van der Waals surface area (Å²) in [5.74, 6) is 1.30. The van der Waals surface area contributed by atoms with Crippen molar-refractivity contribution in [2.24, 2.45) is 5.92 Å². The molecular weight excluding hydrogens is 393 g/mol. The Labute approximate surface area is 162 Å². The van der Waals surface area contributed by atoms with Crippen LogP contribution >= 0.6 is 11.6 Å². The molecule has 1 fully saturated rings. The molecule has 2 aliphatic rings. The molecule has 2 aromatic carbocycles.